The van der Waals surface area contributed by atoms with E-state index in [0.29, 0.717) is 37.6 Å². The van der Waals surface area contributed by atoms with Crippen LogP contribution in [0.4, 0.5) is 10.1 Å². The van der Waals surface area contributed by atoms with Crippen LogP contribution in [-0.4, -0.2) is 33.8 Å². The Labute approximate surface area is 168 Å². The highest BCUT2D eigenvalue weighted by Crippen LogP contribution is 2.45. The van der Waals surface area contributed by atoms with Gasteiger partial charge in [-0.2, -0.15) is 0 Å². The van der Waals surface area contributed by atoms with Gasteiger partial charge < -0.3 is 14.8 Å². The summed E-state index contributed by atoms with van der Waals surface area (Å²) in [6, 6.07) is 8.87. The third-order valence-corrected chi connectivity index (χ3v) is 6.71. The number of anilines is 1. The first-order chi connectivity index (χ1) is 13.8. The smallest absolute Gasteiger partial charge is 0.235 e. The van der Waals surface area contributed by atoms with Gasteiger partial charge in [-0.15, -0.1) is 0 Å². The van der Waals surface area contributed by atoms with Crippen molar-refractivity contribution in [1.29, 1.82) is 0 Å². The molecule has 0 aromatic heterocycles. The van der Waals surface area contributed by atoms with Crippen molar-refractivity contribution in [2.24, 2.45) is 0 Å². The third-order valence-electron chi connectivity index (χ3n) is 5.60. The Bertz CT molecular complexity index is 1060. The summed E-state index contributed by atoms with van der Waals surface area (Å²) in [6.07, 6.45) is 4.01. The fourth-order valence-electron chi connectivity index (χ4n) is 4.04. The van der Waals surface area contributed by atoms with Crippen molar-refractivity contribution in [3.05, 3.63) is 47.8 Å². The molecule has 6 nitrogen and oxygen atoms in total. The lowest BCUT2D eigenvalue weighted by molar-refractivity contribution is -0.121. The molecular weight excluding hydrogens is 397 g/mol. The number of fused-ring (bicyclic) bond motifs is 1. The van der Waals surface area contributed by atoms with Crippen LogP contribution in [-0.2, 0) is 20.0 Å². The quantitative estimate of drug-likeness (QED) is 0.768. The van der Waals surface area contributed by atoms with E-state index in [0.717, 1.165) is 36.8 Å². The number of hydrogen-bond donors (Lipinski definition) is 1. The van der Waals surface area contributed by atoms with E-state index in [1.807, 2.05) is 12.1 Å². The average Bonchev–Trinajstić information content (AvgIpc) is 3.19. The van der Waals surface area contributed by atoms with Crippen molar-refractivity contribution in [2.45, 2.75) is 36.0 Å². The van der Waals surface area contributed by atoms with Gasteiger partial charge in [0.1, 0.15) is 19.0 Å². The van der Waals surface area contributed by atoms with E-state index >= 15 is 0 Å². The Hall–Kier alpha value is -2.61. The summed E-state index contributed by atoms with van der Waals surface area (Å²) >= 11 is 0. The number of benzene rings is 2. The molecule has 154 valence electrons. The molecule has 29 heavy (non-hydrogen) atoms. The van der Waals surface area contributed by atoms with Crippen LogP contribution >= 0.6 is 0 Å². The topological polar surface area (TPSA) is 81.7 Å². The minimum atomic E-state index is -3.52. The number of hydrogen-bond acceptors (Lipinski definition) is 5. The molecule has 1 saturated carbocycles. The van der Waals surface area contributed by atoms with Gasteiger partial charge in [0.25, 0.3) is 0 Å². The molecule has 2 aromatic rings. The number of rotatable bonds is 4. The second-order valence-corrected chi connectivity index (χ2v) is 9.53. The number of ether oxygens (including phenoxy) is 2. The summed E-state index contributed by atoms with van der Waals surface area (Å²) in [5, 5.41) is 2.63. The Morgan fingerprint density at radius 3 is 2.41 bits per heavy atom. The first kappa shape index (κ1) is 19.7. The first-order valence-electron chi connectivity index (χ1n) is 9.51. The zero-order valence-corrected chi connectivity index (χ0v) is 16.9. The zero-order chi connectivity index (χ0) is 20.6. The molecule has 8 heteroatoms. The Balaban J connectivity index is 1.69. The van der Waals surface area contributed by atoms with Crippen molar-refractivity contribution in [1.82, 2.24) is 0 Å². The Kier molecular flexibility index (Phi) is 4.98. The molecule has 0 bridgehead atoms. The Morgan fingerprint density at radius 1 is 1.03 bits per heavy atom. The van der Waals surface area contributed by atoms with Gasteiger partial charge in [0.15, 0.2) is 21.3 Å². The second kappa shape index (κ2) is 7.33. The van der Waals surface area contributed by atoms with E-state index in [1.54, 1.807) is 6.07 Å². The van der Waals surface area contributed by atoms with Crippen LogP contribution in [0.25, 0.3) is 0 Å². The molecule has 2 aromatic carbocycles. The third kappa shape index (κ3) is 3.69. The summed E-state index contributed by atoms with van der Waals surface area (Å²) in [4.78, 5) is 13.3. The minimum Gasteiger partial charge on any atom is -0.486 e. The number of halogens is 1. The van der Waals surface area contributed by atoms with Crippen LogP contribution in [0.5, 0.6) is 11.5 Å². The van der Waals surface area contributed by atoms with Crippen molar-refractivity contribution in [2.75, 3.05) is 24.8 Å². The predicted molar refractivity (Wildman–Crippen MR) is 106 cm³/mol. The highest BCUT2D eigenvalue weighted by Gasteiger charge is 2.43. The SMILES string of the molecule is CS(=O)(=O)c1ccc(F)c(NC(=O)C2(c3ccc4c(c3)OCCO4)CCCC2)c1. The molecule has 0 atom stereocenters. The molecule has 1 amide bonds. The summed E-state index contributed by atoms with van der Waals surface area (Å²) in [5.41, 5.74) is -0.179. The van der Waals surface area contributed by atoms with Crippen LogP contribution in [0.1, 0.15) is 31.2 Å². The number of nitrogens with one attached hydrogen (secondary N) is 1. The molecule has 0 radical (unpaired) electrons. The largest absolute Gasteiger partial charge is 0.486 e. The van der Waals surface area contributed by atoms with E-state index < -0.39 is 21.1 Å². The van der Waals surface area contributed by atoms with Gasteiger partial charge in [-0.05, 0) is 48.7 Å². The fourth-order valence-corrected chi connectivity index (χ4v) is 4.69. The zero-order valence-electron chi connectivity index (χ0n) is 16.0. The molecule has 1 aliphatic heterocycles. The van der Waals surface area contributed by atoms with Gasteiger partial charge in [-0.3, -0.25) is 4.79 Å². The van der Waals surface area contributed by atoms with Crippen LogP contribution in [0, 0.1) is 5.82 Å². The standard InChI is InChI=1S/C21H22FNO5S/c1-29(25,26)15-5-6-16(22)17(13-15)23-20(24)21(8-2-3-9-21)14-4-7-18-19(12-14)28-11-10-27-18/h4-7,12-13H,2-3,8-11H2,1H3,(H,23,24). The molecule has 0 saturated heterocycles. The Morgan fingerprint density at radius 2 is 1.72 bits per heavy atom. The molecule has 4 rings (SSSR count). The minimum absolute atomic E-state index is 0.0472. The highest BCUT2D eigenvalue weighted by atomic mass is 32.2. The monoisotopic (exact) mass is 419 g/mol. The van der Waals surface area contributed by atoms with Crippen molar-refractivity contribution >= 4 is 21.4 Å². The normalized spacial score (nSPS) is 17.7. The summed E-state index contributed by atoms with van der Waals surface area (Å²) < 4.78 is 49.1. The highest BCUT2D eigenvalue weighted by molar-refractivity contribution is 7.90. The molecule has 0 unspecified atom stereocenters. The van der Waals surface area contributed by atoms with Crippen molar-refractivity contribution in [3.63, 3.8) is 0 Å². The molecule has 1 N–H and O–H groups in total. The van der Waals surface area contributed by atoms with E-state index in [4.69, 9.17) is 9.47 Å². The summed E-state index contributed by atoms with van der Waals surface area (Å²) in [5.74, 6) is 0.204. The lowest BCUT2D eigenvalue weighted by atomic mass is 9.77. The van der Waals surface area contributed by atoms with Crippen molar-refractivity contribution in [3.8, 4) is 11.5 Å². The van der Waals surface area contributed by atoms with Gasteiger partial charge in [0.2, 0.25) is 5.91 Å². The number of carbonyl (C=O) groups excluding carboxylic acids is 1. The molecule has 1 fully saturated rings. The van der Waals surface area contributed by atoms with Crippen LogP contribution < -0.4 is 14.8 Å². The van der Waals surface area contributed by atoms with Gasteiger partial charge in [-0.1, -0.05) is 18.9 Å². The molecule has 1 aliphatic carbocycles. The number of carbonyl (C=O) groups is 1. The molecule has 0 spiro atoms. The lowest BCUT2D eigenvalue weighted by Crippen LogP contribution is -2.38. The van der Waals surface area contributed by atoms with Gasteiger partial charge >= 0.3 is 0 Å². The maximum atomic E-state index is 14.3. The van der Waals surface area contributed by atoms with Gasteiger partial charge in [0.05, 0.1) is 16.0 Å². The van der Waals surface area contributed by atoms with Crippen LogP contribution in [0.2, 0.25) is 0 Å². The van der Waals surface area contributed by atoms with Crippen molar-refractivity contribution < 1.29 is 27.1 Å². The maximum Gasteiger partial charge on any atom is 0.235 e. The van der Waals surface area contributed by atoms with E-state index in [9.17, 15) is 17.6 Å². The van der Waals surface area contributed by atoms with Gasteiger partial charge in [-0.25, -0.2) is 12.8 Å². The fraction of sp³-hybridized carbons (Fsp3) is 0.381. The molecule has 2 aliphatic rings. The lowest BCUT2D eigenvalue weighted by Gasteiger charge is -2.30. The summed E-state index contributed by atoms with van der Waals surface area (Å²) in [6.45, 7) is 0.924. The first-order valence-corrected chi connectivity index (χ1v) is 11.4. The number of amides is 1. The van der Waals surface area contributed by atoms with Crippen LogP contribution in [0.15, 0.2) is 41.3 Å². The number of sulfone groups is 1. The molecule has 1 heterocycles. The van der Waals surface area contributed by atoms with E-state index in [-0.39, 0.29) is 16.5 Å². The van der Waals surface area contributed by atoms with E-state index in [1.165, 1.54) is 6.07 Å². The van der Waals surface area contributed by atoms with Crippen LogP contribution in [0.3, 0.4) is 0 Å². The maximum absolute atomic E-state index is 14.3. The average molecular weight is 419 g/mol. The van der Waals surface area contributed by atoms with Gasteiger partial charge in [0, 0.05) is 6.26 Å². The summed E-state index contributed by atoms with van der Waals surface area (Å²) in [7, 11) is -3.52. The second-order valence-electron chi connectivity index (χ2n) is 7.52. The molecular formula is C21H22FNO5S. The predicted octanol–water partition coefficient (Wildman–Crippen LogP) is 3.45. The van der Waals surface area contributed by atoms with E-state index in [2.05, 4.69) is 5.32 Å².